The van der Waals surface area contributed by atoms with Crippen LogP contribution in [-0.2, 0) is 11.2 Å². The Morgan fingerprint density at radius 2 is 1.75 bits per heavy atom. The van der Waals surface area contributed by atoms with Gasteiger partial charge in [0.15, 0.2) is 0 Å². The first-order chi connectivity index (χ1) is 15.8. The first-order valence-electron chi connectivity index (χ1n) is 10.5. The van der Waals surface area contributed by atoms with Gasteiger partial charge in [0, 0.05) is 46.7 Å². The molecular weight excluding hydrogens is 440 g/mol. The van der Waals surface area contributed by atoms with Crippen LogP contribution < -0.4 is 10.2 Å². The summed E-state index contributed by atoms with van der Waals surface area (Å²) in [6.45, 7) is 1.46. The van der Waals surface area contributed by atoms with Gasteiger partial charge in [-0.25, -0.2) is 0 Å². The number of carbonyl (C=O) groups excluding carboxylic acids is 1. The summed E-state index contributed by atoms with van der Waals surface area (Å²) < 4.78 is 5.65. The van der Waals surface area contributed by atoms with Gasteiger partial charge in [-0.05, 0) is 42.1 Å². The van der Waals surface area contributed by atoms with Crippen molar-refractivity contribution in [3.05, 3.63) is 71.2 Å². The highest BCUT2D eigenvalue weighted by Crippen LogP contribution is 2.47. The Hall–Kier alpha value is -3.10. The summed E-state index contributed by atoms with van der Waals surface area (Å²) in [5, 5.41) is 15.0. The largest absolute Gasteiger partial charge is 0.421 e. The second-order valence-corrected chi connectivity index (χ2v) is 9.27. The smallest absolute Gasteiger partial charge is 0.248 e. The molecule has 1 aliphatic rings. The van der Waals surface area contributed by atoms with E-state index in [4.69, 9.17) is 4.42 Å². The fourth-order valence-electron chi connectivity index (χ4n) is 3.65. The highest BCUT2D eigenvalue weighted by atomic mass is 32.2. The maximum absolute atomic E-state index is 12.3. The van der Waals surface area contributed by atoms with E-state index in [1.54, 1.807) is 23.1 Å². The number of rotatable bonds is 8. The van der Waals surface area contributed by atoms with Crippen LogP contribution in [0.3, 0.4) is 0 Å². The Kier molecular flexibility index (Phi) is 6.22. The number of hydrogen-bond donors (Lipinski definition) is 1. The third-order valence-electron chi connectivity index (χ3n) is 5.21. The predicted molar refractivity (Wildman–Crippen MR) is 128 cm³/mol. The van der Waals surface area contributed by atoms with Gasteiger partial charge in [0.25, 0.3) is 0 Å². The molecule has 2 aromatic carbocycles. The van der Waals surface area contributed by atoms with Crippen LogP contribution in [0.2, 0.25) is 0 Å². The molecule has 8 heteroatoms. The molecule has 5 rings (SSSR count). The number of carbonyl (C=O) groups is 1. The van der Waals surface area contributed by atoms with Crippen molar-refractivity contribution in [1.82, 2.24) is 15.5 Å². The minimum absolute atomic E-state index is 0.00437. The van der Waals surface area contributed by atoms with E-state index in [1.807, 2.05) is 16.8 Å². The molecule has 0 saturated carbocycles. The first kappa shape index (κ1) is 20.8. The number of hydrogen-bond acceptors (Lipinski definition) is 7. The lowest BCUT2D eigenvalue weighted by Gasteiger charge is -2.32. The normalized spacial score (nSPS) is 12.3. The molecule has 0 spiro atoms. The first-order valence-corrected chi connectivity index (χ1v) is 12.3. The van der Waals surface area contributed by atoms with Crippen molar-refractivity contribution in [2.75, 3.05) is 18.0 Å². The van der Waals surface area contributed by atoms with Gasteiger partial charge in [-0.3, -0.25) is 4.79 Å². The van der Waals surface area contributed by atoms with Crippen LogP contribution in [-0.4, -0.2) is 29.2 Å². The van der Waals surface area contributed by atoms with Gasteiger partial charge in [-0.1, -0.05) is 36.0 Å². The number of fused-ring (bicyclic) bond motifs is 2. The van der Waals surface area contributed by atoms with E-state index < -0.39 is 0 Å². The molecule has 0 saturated heterocycles. The Bertz CT molecular complexity index is 1160. The molecule has 0 fully saturated rings. The molecule has 4 aromatic rings. The number of para-hydroxylation sites is 2. The molecule has 3 heterocycles. The molecule has 0 atom stereocenters. The Balaban J connectivity index is 1.11. The third kappa shape index (κ3) is 4.56. The number of aromatic nitrogens is 2. The number of aryl methyl sites for hydroxylation is 1. The summed E-state index contributed by atoms with van der Waals surface area (Å²) in [5.41, 5.74) is 3.36. The van der Waals surface area contributed by atoms with Crippen LogP contribution in [0.5, 0.6) is 0 Å². The highest BCUT2D eigenvalue weighted by Gasteiger charge is 2.22. The second-order valence-electron chi connectivity index (χ2n) is 7.41. The maximum Gasteiger partial charge on any atom is 0.248 e. The van der Waals surface area contributed by atoms with E-state index >= 15 is 0 Å². The zero-order valence-corrected chi connectivity index (χ0v) is 19.0. The number of anilines is 2. The van der Waals surface area contributed by atoms with Crippen molar-refractivity contribution in [2.45, 2.75) is 29.1 Å². The van der Waals surface area contributed by atoms with Crippen molar-refractivity contribution in [2.24, 2.45) is 0 Å². The summed E-state index contributed by atoms with van der Waals surface area (Å²) >= 11 is 3.38. The number of nitrogens with zero attached hydrogens (tertiary/aromatic N) is 3. The monoisotopic (exact) mass is 462 g/mol. The molecule has 6 nitrogen and oxygen atoms in total. The van der Waals surface area contributed by atoms with Gasteiger partial charge in [0.05, 0.1) is 11.4 Å². The minimum Gasteiger partial charge on any atom is -0.421 e. The number of benzene rings is 2. The van der Waals surface area contributed by atoms with Gasteiger partial charge in [-0.15, -0.1) is 10.2 Å². The van der Waals surface area contributed by atoms with Crippen LogP contribution in [0, 0.1) is 0 Å². The van der Waals surface area contributed by atoms with Gasteiger partial charge >= 0.3 is 0 Å². The zero-order valence-electron chi connectivity index (χ0n) is 17.4. The summed E-state index contributed by atoms with van der Waals surface area (Å²) in [7, 11) is 0. The Morgan fingerprint density at radius 3 is 2.47 bits per heavy atom. The van der Waals surface area contributed by atoms with Crippen LogP contribution in [0.25, 0.3) is 11.5 Å². The summed E-state index contributed by atoms with van der Waals surface area (Å²) in [6.07, 6.45) is 1.62. The fourth-order valence-corrected chi connectivity index (χ4v) is 5.38. The molecule has 0 aliphatic carbocycles. The van der Waals surface area contributed by atoms with E-state index in [0.29, 0.717) is 31.2 Å². The lowest BCUT2D eigenvalue weighted by atomic mass is 10.2. The zero-order chi connectivity index (χ0) is 21.8. The van der Waals surface area contributed by atoms with E-state index in [-0.39, 0.29) is 5.91 Å². The molecule has 32 heavy (non-hydrogen) atoms. The summed E-state index contributed by atoms with van der Waals surface area (Å²) in [4.78, 5) is 17.1. The maximum atomic E-state index is 12.3. The molecule has 0 radical (unpaired) electrons. The van der Waals surface area contributed by atoms with Crippen molar-refractivity contribution >= 4 is 40.4 Å². The minimum atomic E-state index is -0.00437. The van der Waals surface area contributed by atoms with Crippen LogP contribution in [0.15, 0.2) is 79.6 Å². The van der Waals surface area contributed by atoms with Crippen molar-refractivity contribution < 1.29 is 9.21 Å². The molecule has 162 valence electrons. The average molecular weight is 463 g/mol. The Labute approximate surface area is 194 Å². The highest BCUT2D eigenvalue weighted by molar-refractivity contribution is 7.99. The topological polar surface area (TPSA) is 71.3 Å². The SMILES string of the molecule is O=C(CCc1nnc(-c2ccsc2)o1)NCCCN1c2ccccc2Sc2ccccc21. The third-order valence-corrected chi connectivity index (χ3v) is 7.03. The van der Waals surface area contributed by atoms with Gasteiger partial charge < -0.3 is 14.6 Å². The molecule has 1 amide bonds. The second kappa shape index (κ2) is 9.58. The quantitative estimate of drug-likeness (QED) is 0.347. The molecule has 2 aromatic heterocycles. The number of nitrogens with one attached hydrogen (secondary N) is 1. The summed E-state index contributed by atoms with van der Waals surface area (Å²) in [5.74, 6) is 0.984. The van der Waals surface area contributed by atoms with Crippen molar-refractivity contribution in [3.63, 3.8) is 0 Å². The molecule has 0 unspecified atom stereocenters. The van der Waals surface area contributed by atoms with Gasteiger partial charge in [-0.2, -0.15) is 11.3 Å². The molecule has 0 bridgehead atoms. The fraction of sp³-hybridized carbons (Fsp3) is 0.208. The Morgan fingerprint density at radius 1 is 1.00 bits per heavy atom. The van der Waals surface area contributed by atoms with E-state index in [1.165, 1.54) is 21.2 Å². The lowest BCUT2D eigenvalue weighted by molar-refractivity contribution is -0.121. The van der Waals surface area contributed by atoms with E-state index in [9.17, 15) is 4.79 Å². The lowest BCUT2D eigenvalue weighted by Crippen LogP contribution is -2.29. The van der Waals surface area contributed by atoms with Crippen molar-refractivity contribution in [3.8, 4) is 11.5 Å². The summed E-state index contributed by atoms with van der Waals surface area (Å²) in [6, 6.07) is 18.9. The average Bonchev–Trinajstić information content (AvgIpc) is 3.52. The van der Waals surface area contributed by atoms with Crippen LogP contribution >= 0.6 is 23.1 Å². The molecule has 1 N–H and O–H groups in total. The predicted octanol–water partition coefficient (Wildman–Crippen LogP) is 5.54. The number of thiophene rings is 1. The number of amides is 1. The van der Waals surface area contributed by atoms with Crippen LogP contribution in [0.1, 0.15) is 18.7 Å². The van der Waals surface area contributed by atoms with Gasteiger partial charge in [0.1, 0.15) is 0 Å². The molecular formula is C24H22N4O2S2. The van der Waals surface area contributed by atoms with Crippen LogP contribution in [0.4, 0.5) is 11.4 Å². The van der Waals surface area contributed by atoms with E-state index in [0.717, 1.165) is 18.5 Å². The van der Waals surface area contributed by atoms with E-state index in [2.05, 4.69) is 68.9 Å². The van der Waals surface area contributed by atoms with Crippen molar-refractivity contribution in [1.29, 1.82) is 0 Å². The standard InChI is InChI=1S/C24H22N4O2S2/c29-22(10-11-23-26-27-24(30-23)17-12-15-31-16-17)25-13-5-14-28-18-6-1-3-8-20(18)32-21-9-4-2-7-19(21)28/h1-4,6-9,12,15-16H,5,10-11,13-14H2,(H,25,29). The van der Waals surface area contributed by atoms with Gasteiger partial charge in [0.2, 0.25) is 17.7 Å². The molecule has 1 aliphatic heterocycles.